The quantitative estimate of drug-likeness (QED) is 0.747. The maximum atomic E-state index is 13.0. The van der Waals surface area contributed by atoms with Crippen molar-refractivity contribution in [2.75, 3.05) is 0 Å². The van der Waals surface area contributed by atoms with Crippen molar-refractivity contribution in [3.63, 3.8) is 0 Å². The zero-order valence-electron chi connectivity index (χ0n) is 8.84. The highest BCUT2D eigenvalue weighted by molar-refractivity contribution is 7.20. The fourth-order valence-corrected chi connectivity index (χ4v) is 3.02. The Morgan fingerprint density at radius 1 is 1.11 bits per heavy atom. The Morgan fingerprint density at radius 3 is 2.22 bits per heavy atom. The Kier molecular flexibility index (Phi) is 4.00. The third-order valence-corrected chi connectivity index (χ3v) is 3.73. The normalized spacial score (nSPS) is 10.7. The molecular formula is C12H6Cl2F2OS. The molecule has 0 atom stereocenters. The summed E-state index contributed by atoms with van der Waals surface area (Å²) in [5, 5.41) is 0. The monoisotopic (exact) mass is 306 g/mol. The van der Waals surface area contributed by atoms with E-state index >= 15 is 0 Å². The molecule has 0 aliphatic carbocycles. The van der Waals surface area contributed by atoms with Crippen molar-refractivity contribution >= 4 is 40.3 Å². The second kappa shape index (κ2) is 5.34. The maximum Gasteiger partial charge on any atom is 0.169 e. The van der Waals surface area contributed by atoms with Crippen molar-refractivity contribution in [1.29, 1.82) is 0 Å². The van der Waals surface area contributed by atoms with Crippen molar-refractivity contribution in [2.45, 2.75) is 6.42 Å². The number of hydrogen-bond donors (Lipinski definition) is 0. The van der Waals surface area contributed by atoms with Gasteiger partial charge in [-0.15, -0.1) is 11.3 Å². The van der Waals surface area contributed by atoms with E-state index < -0.39 is 11.6 Å². The molecule has 2 rings (SSSR count). The van der Waals surface area contributed by atoms with Gasteiger partial charge in [0.25, 0.3) is 0 Å². The Bertz CT molecular complexity index is 590. The predicted molar refractivity (Wildman–Crippen MR) is 68.7 cm³/mol. The van der Waals surface area contributed by atoms with Crippen LogP contribution in [-0.4, -0.2) is 5.78 Å². The fourth-order valence-electron chi connectivity index (χ4n) is 1.52. The predicted octanol–water partition coefficient (Wildman–Crippen LogP) is 4.76. The van der Waals surface area contributed by atoms with E-state index in [9.17, 15) is 13.6 Å². The molecule has 94 valence electrons. The summed E-state index contributed by atoms with van der Waals surface area (Å²) in [6, 6.07) is 4.43. The summed E-state index contributed by atoms with van der Waals surface area (Å²) in [6.07, 6.45) is -0.124. The number of carbonyl (C=O) groups is 1. The van der Waals surface area contributed by atoms with E-state index in [1.165, 1.54) is 6.07 Å². The van der Waals surface area contributed by atoms with Gasteiger partial charge in [0.1, 0.15) is 16.0 Å². The molecule has 0 fully saturated rings. The third-order valence-electron chi connectivity index (χ3n) is 2.24. The van der Waals surface area contributed by atoms with Gasteiger partial charge in [-0.25, -0.2) is 8.78 Å². The number of halogens is 4. The van der Waals surface area contributed by atoms with Crippen LogP contribution in [0, 0.1) is 11.6 Å². The van der Waals surface area contributed by atoms with E-state index in [-0.39, 0.29) is 27.7 Å². The number of rotatable bonds is 3. The van der Waals surface area contributed by atoms with Crippen LogP contribution in [0.25, 0.3) is 0 Å². The van der Waals surface area contributed by atoms with Crippen LogP contribution in [0.1, 0.15) is 15.9 Å². The summed E-state index contributed by atoms with van der Waals surface area (Å²) < 4.78 is 26.6. The second-order valence-corrected chi connectivity index (χ2v) is 5.90. The van der Waals surface area contributed by atoms with E-state index in [0.29, 0.717) is 4.34 Å². The second-order valence-electron chi connectivity index (χ2n) is 3.62. The third kappa shape index (κ3) is 3.07. The Hall–Kier alpha value is -0.970. The molecule has 0 N–H and O–H groups in total. The average molecular weight is 307 g/mol. The first kappa shape index (κ1) is 13.5. The summed E-state index contributed by atoms with van der Waals surface area (Å²) >= 11 is 12.6. The van der Waals surface area contributed by atoms with Crippen molar-refractivity contribution < 1.29 is 13.6 Å². The molecule has 1 aromatic heterocycles. The van der Waals surface area contributed by atoms with Crippen LogP contribution in [-0.2, 0) is 6.42 Å². The standard InChI is InChI=1S/C12H6Cl2F2OS/c13-11-5-9(12(14)18-11)10(17)3-6-1-7(15)4-8(16)2-6/h1-2,4-5H,3H2. The van der Waals surface area contributed by atoms with Crippen LogP contribution in [0.15, 0.2) is 24.3 Å². The molecule has 0 unspecified atom stereocenters. The van der Waals surface area contributed by atoms with Gasteiger partial charge in [0, 0.05) is 18.1 Å². The zero-order chi connectivity index (χ0) is 13.3. The molecule has 6 heteroatoms. The van der Waals surface area contributed by atoms with Crippen LogP contribution in [0.3, 0.4) is 0 Å². The number of ketones is 1. The largest absolute Gasteiger partial charge is 0.294 e. The smallest absolute Gasteiger partial charge is 0.169 e. The van der Waals surface area contributed by atoms with Gasteiger partial charge in [-0.1, -0.05) is 23.2 Å². The number of thiophene rings is 1. The topological polar surface area (TPSA) is 17.1 Å². The van der Waals surface area contributed by atoms with E-state index in [4.69, 9.17) is 23.2 Å². The zero-order valence-corrected chi connectivity index (χ0v) is 11.2. The summed E-state index contributed by atoms with van der Waals surface area (Å²) in [5.41, 5.74) is 0.534. The highest BCUT2D eigenvalue weighted by atomic mass is 35.5. The number of Topliss-reactive ketones (excluding diaryl/α,β-unsaturated/α-hetero) is 1. The lowest BCUT2D eigenvalue weighted by atomic mass is 10.1. The highest BCUT2D eigenvalue weighted by Crippen LogP contribution is 2.32. The Balaban J connectivity index is 2.23. The minimum Gasteiger partial charge on any atom is -0.294 e. The molecule has 1 nitrogen and oxygen atoms in total. The molecule has 0 aliphatic rings. The molecule has 1 heterocycles. The van der Waals surface area contributed by atoms with Crippen LogP contribution >= 0.6 is 34.5 Å². The molecule has 0 saturated carbocycles. The lowest BCUT2D eigenvalue weighted by Gasteiger charge is -2.01. The van der Waals surface area contributed by atoms with E-state index in [1.54, 1.807) is 0 Å². The molecule has 0 radical (unpaired) electrons. The molecule has 0 spiro atoms. The summed E-state index contributed by atoms with van der Waals surface area (Å²) in [6.45, 7) is 0. The average Bonchev–Trinajstić information content (AvgIpc) is 2.56. The van der Waals surface area contributed by atoms with Crippen LogP contribution in [0.2, 0.25) is 8.67 Å². The van der Waals surface area contributed by atoms with Crippen molar-refractivity contribution in [2.24, 2.45) is 0 Å². The van der Waals surface area contributed by atoms with Gasteiger partial charge in [0.15, 0.2) is 5.78 Å². The minimum atomic E-state index is -0.716. The van der Waals surface area contributed by atoms with Gasteiger partial charge < -0.3 is 0 Å². The molecule has 0 saturated heterocycles. The minimum absolute atomic E-state index is 0.124. The Morgan fingerprint density at radius 2 is 1.72 bits per heavy atom. The van der Waals surface area contributed by atoms with Gasteiger partial charge in [-0.2, -0.15) is 0 Å². The fraction of sp³-hybridized carbons (Fsp3) is 0.0833. The van der Waals surface area contributed by atoms with Gasteiger partial charge in [-0.05, 0) is 23.8 Å². The van der Waals surface area contributed by atoms with E-state index in [0.717, 1.165) is 29.5 Å². The SMILES string of the molecule is O=C(Cc1cc(F)cc(F)c1)c1cc(Cl)sc1Cl. The summed E-state index contributed by atoms with van der Waals surface area (Å²) in [7, 11) is 0. The van der Waals surface area contributed by atoms with Gasteiger partial charge in [-0.3, -0.25) is 4.79 Å². The molecular weight excluding hydrogens is 301 g/mol. The van der Waals surface area contributed by atoms with Crippen molar-refractivity contribution in [3.8, 4) is 0 Å². The Labute approximate surface area is 116 Å². The molecule has 0 aliphatic heterocycles. The maximum absolute atomic E-state index is 13.0. The summed E-state index contributed by atoms with van der Waals surface area (Å²) in [5.74, 6) is -1.76. The van der Waals surface area contributed by atoms with Gasteiger partial charge >= 0.3 is 0 Å². The highest BCUT2D eigenvalue weighted by Gasteiger charge is 2.15. The van der Waals surface area contributed by atoms with E-state index in [1.807, 2.05) is 0 Å². The molecule has 0 bridgehead atoms. The number of hydrogen-bond acceptors (Lipinski definition) is 2. The van der Waals surface area contributed by atoms with E-state index in [2.05, 4.69) is 0 Å². The van der Waals surface area contributed by atoms with Crippen molar-refractivity contribution in [3.05, 3.63) is 55.7 Å². The van der Waals surface area contributed by atoms with Gasteiger partial charge in [0.05, 0.1) is 4.34 Å². The van der Waals surface area contributed by atoms with Crippen LogP contribution in [0.4, 0.5) is 8.78 Å². The van der Waals surface area contributed by atoms with Gasteiger partial charge in [0.2, 0.25) is 0 Å². The van der Waals surface area contributed by atoms with Crippen molar-refractivity contribution in [1.82, 2.24) is 0 Å². The molecule has 0 amide bonds. The number of benzene rings is 1. The summed E-state index contributed by atoms with van der Waals surface area (Å²) in [4.78, 5) is 11.9. The molecule has 18 heavy (non-hydrogen) atoms. The lowest BCUT2D eigenvalue weighted by Crippen LogP contribution is -2.03. The first-order valence-corrected chi connectivity index (χ1v) is 6.46. The first-order valence-electron chi connectivity index (χ1n) is 4.88. The lowest BCUT2D eigenvalue weighted by molar-refractivity contribution is 0.0993. The van der Waals surface area contributed by atoms with Crippen LogP contribution in [0.5, 0.6) is 0 Å². The molecule has 2 aromatic rings. The van der Waals surface area contributed by atoms with Crippen LogP contribution < -0.4 is 0 Å². The molecule has 1 aromatic carbocycles. The number of carbonyl (C=O) groups excluding carboxylic acids is 1. The first-order chi connectivity index (χ1) is 8.45.